The molecule has 20 heavy (non-hydrogen) atoms. The van der Waals surface area contributed by atoms with Crippen LogP contribution >= 0.6 is 0 Å². The first-order chi connectivity index (χ1) is 9.56. The summed E-state index contributed by atoms with van der Waals surface area (Å²) in [6.07, 6.45) is 2.85. The zero-order valence-corrected chi connectivity index (χ0v) is 10.2. The third-order valence-corrected chi connectivity index (χ3v) is 3.99. The van der Waals surface area contributed by atoms with Gasteiger partial charge in [-0.2, -0.15) is 9.49 Å². The Hall–Kier alpha value is -2.31. The Morgan fingerprint density at radius 2 is 2.25 bits per heavy atom. The van der Waals surface area contributed by atoms with Gasteiger partial charge in [-0.1, -0.05) is 0 Å². The predicted molar refractivity (Wildman–Crippen MR) is 62.8 cm³/mol. The molecule has 0 aliphatic heterocycles. The minimum Gasteiger partial charge on any atom is -0.476 e. The molecule has 1 saturated carbocycles. The van der Waals surface area contributed by atoms with Gasteiger partial charge in [0, 0.05) is 17.5 Å². The molecule has 4 rings (SSSR count). The summed E-state index contributed by atoms with van der Waals surface area (Å²) in [6.45, 7) is 0. The Morgan fingerprint density at radius 3 is 2.95 bits per heavy atom. The number of aromatic carboxylic acids is 1. The molecule has 0 unspecified atom stereocenters. The molecule has 0 saturated heterocycles. The molecule has 2 aliphatic carbocycles. The van der Waals surface area contributed by atoms with Crippen LogP contribution in [0.2, 0.25) is 0 Å². The molecule has 2 aromatic rings. The number of pyridine rings is 1. The van der Waals surface area contributed by atoms with Crippen molar-refractivity contribution in [2.45, 2.75) is 18.8 Å². The molecule has 0 aromatic carbocycles. The Balaban J connectivity index is 1.92. The van der Waals surface area contributed by atoms with Crippen LogP contribution in [0, 0.1) is 17.7 Å². The number of carbonyl (C=O) groups is 1. The van der Waals surface area contributed by atoms with Crippen molar-refractivity contribution in [3.8, 4) is 5.69 Å². The van der Waals surface area contributed by atoms with E-state index in [1.807, 2.05) is 0 Å². The summed E-state index contributed by atoms with van der Waals surface area (Å²) in [7, 11) is 0. The average Bonchev–Trinajstić information content (AvgIpc) is 2.91. The molecule has 2 atom stereocenters. The van der Waals surface area contributed by atoms with E-state index >= 15 is 0 Å². The summed E-state index contributed by atoms with van der Waals surface area (Å²) < 4.78 is 27.6. The van der Waals surface area contributed by atoms with Gasteiger partial charge in [0.15, 0.2) is 11.5 Å². The maximum Gasteiger partial charge on any atom is 0.356 e. The molecule has 2 heterocycles. The van der Waals surface area contributed by atoms with Gasteiger partial charge in [-0.3, -0.25) is 0 Å². The van der Waals surface area contributed by atoms with Crippen LogP contribution in [-0.4, -0.2) is 25.8 Å². The first-order valence-electron chi connectivity index (χ1n) is 6.22. The van der Waals surface area contributed by atoms with Crippen LogP contribution in [0.15, 0.2) is 12.3 Å². The van der Waals surface area contributed by atoms with Gasteiger partial charge >= 0.3 is 5.97 Å². The second kappa shape index (κ2) is 3.62. The molecule has 2 aliphatic rings. The fraction of sp³-hybridized carbons (Fsp3) is 0.308. The zero-order chi connectivity index (χ0) is 14.0. The van der Waals surface area contributed by atoms with E-state index in [-0.39, 0.29) is 17.3 Å². The van der Waals surface area contributed by atoms with Crippen molar-refractivity contribution in [1.82, 2.24) is 14.8 Å². The van der Waals surface area contributed by atoms with Crippen molar-refractivity contribution in [1.29, 1.82) is 0 Å². The van der Waals surface area contributed by atoms with Crippen molar-refractivity contribution in [2.75, 3.05) is 0 Å². The summed E-state index contributed by atoms with van der Waals surface area (Å²) in [6, 6.07) is 0.983. The van der Waals surface area contributed by atoms with Gasteiger partial charge in [-0.25, -0.2) is 18.9 Å². The lowest BCUT2D eigenvalue weighted by molar-refractivity contribution is 0.0688. The van der Waals surface area contributed by atoms with Crippen LogP contribution < -0.4 is 0 Å². The number of carboxylic acid groups (broad SMARTS) is 1. The molecule has 0 amide bonds. The van der Waals surface area contributed by atoms with E-state index in [9.17, 15) is 18.7 Å². The van der Waals surface area contributed by atoms with E-state index in [0.717, 1.165) is 24.4 Å². The lowest BCUT2D eigenvalue weighted by Crippen LogP contribution is -2.05. The van der Waals surface area contributed by atoms with Crippen LogP contribution in [0.25, 0.3) is 5.69 Å². The molecule has 102 valence electrons. The molecule has 1 N–H and O–H groups in total. The van der Waals surface area contributed by atoms with Crippen molar-refractivity contribution in [3.05, 3.63) is 41.0 Å². The van der Waals surface area contributed by atoms with E-state index < -0.39 is 17.7 Å². The Morgan fingerprint density at radius 1 is 1.45 bits per heavy atom. The number of carboxylic acids is 1. The number of rotatable bonds is 2. The van der Waals surface area contributed by atoms with E-state index in [1.165, 1.54) is 4.68 Å². The minimum absolute atomic E-state index is 0.00284. The third-order valence-electron chi connectivity index (χ3n) is 3.99. The lowest BCUT2D eigenvalue weighted by atomic mass is 10.1. The van der Waals surface area contributed by atoms with Crippen LogP contribution in [-0.2, 0) is 6.42 Å². The highest BCUT2D eigenvalue weighted by molar-refractivity contribution is 5.88. The first kappa shape index (κ1) is 11.5. The van der Waals surface area contributed by atoms with Crippen molar-refractivity contribution >= 4 is 5.97 Å². The molecule has 1 fully saturated rings. The number of nitrogens with zero attached hydrogens (tertiary/aromatic N) is 3. The SMILES string of the molecule is O=C(O)c1nn(-c2cnc(F)c(F)c2)c2c1C[C@H]1C[C@@H]21. The number of hydrogen-bond acceptors (Lipinski definition) is 3. The zero-order valence-electron chi connectivity index (χ0n) is 10.2. The van der Waals surface area contributed by atoms with E-state index in [0.29, 0.717) is 17.9 Å². The minimum atomic E-state index is -1.18. The normalized spacial score (nSPS) is 22.5. The van der Waals surface area contributed by atoms with Crippen molar-refractivity contribution < 1.29 is 18.7 Å². The highest BCUT2D eigenvalue weighted by Crippen LogP contribution is 2.57. The first-order valence-corrected chi connectivity index (χ1v) is 6.22. The van der Waals surface area contributed by atoms with Gasteiger partial charge in [-0.15, -0.1) is 0 Å². The molecular weight excluding hydrogens is 268 g/mol. The maximum atomic E-state index is 13.3. The molecule has 2 aromatic heterocycles. The van der Waals surface area contributed by atoms with Gasteiger partial charge in [0.1, 0.15) is 0 Å². The second-order valence-corrected chi connectivity index (χ2v) is 5.20. The number of fused-ring (bicyclic) bond motifs is 3. The molecule has 0 bridgehead atoms. The Labute approximate surface area is 111 Å². The summed E-state index contributed by atoms with van der Waals surface area (Å²) in [5, 5.41) is 13.2. The topological polar surface area (TPSA) is 68.0 Å². The largest absolute Gasteiger partial charge is 0.476 e. The summed E-state index contributed by atoms with van der Waals surface area (Å²) in [4.78, 5) is 14.5. The quantitative estimate of drug-likeness (QED) is 0.851. The molecule has 0 radical (unpaired) electrons. The predicted octanol–water partition coefficient (Wildman–Crippen LogP) is 1.90. The smallest absolute Gasteiger partial charge is 0.356 e. The third kappa shape index (κ3) is 1.43. The monoisotopic (exact) mass is 277 g/mol. The highest BCUT2D eigenvalue weighted by Gasteiger charge is 2.50. The summed E-state index contributed by atoms with van der Waals surface area (Å²) >= 11 is 0. The number of hydrogen-bond donors (Lipinski definition) is 1. The van der Waals surface area contributed by atoms with Crippen LogP contribution in [0.4, 0.5) is 8.78 Å². The standard InChI is InChI=1S/C13H9F2N3O2/c14-9-3-6(4-16-12(9)15)18-11-7-1-5(7)2-8(11)10(17-18)13(19)20/h3-5,7H,1-2H2,(H,19,20)/t5-,7-/m1/s1. The van der Waals surface area contributed by atoms with Crippen LogP contribution in [0.3, 0.4) is 0 Å². The number of halogens is 2. The molecule has 5 nitrogen and oxygen atoms in total. The van der Waals surface area contributed by atoms with Crippen LogP contribution in [0.1, 0.15) is 34.1 Å². The second-order valence-electron chi connectivity index (χ2n) is 5.20. The lowest BCUT2D eigenvalue weighted by Gasteiger charge is -2.06. The van der Waals surface area contributed by atoms with E-state index in [4.69, 9.17) is 0 Å². The van der Waals surface area contributed by atoms with Gasteiger partial charge < -0.3 is 5.11 Å². The van der Waals surface area contributed by atoms with E-state index in [2.05, 4.69) is 10.1 Å². The van der Waals surface area contributed by atoms with Gasteiger partial charge in [-0.05, 0) is 18.8 Å². The fourth-order valence-corrected chi connectivity index (χ4v) is 3.01. The Bertz CT molecular complexity index is 756. The fourth-order valence-electron chi connectivity index (χ4n) is 3.01. The van der Waals surface area contributed by atoms with Gasteiger partial charge in [0.25, 0.3) is 0 Å². The molecule has 0 spiro atoms. The Kier molecular flexibility index (Phi) is 2.08. The summed E-state index contributed by atoms with van der Waals surface area (Å²) in [5.41, 5.74) is 1.76. The van der Waals surface area contributed by atoms with Gasteiger partial charge in [0.2, 0.25) is 5.95 Å². The van der Waals surface area contributed by atoms with Gasteiger partial charge in [0.05, 0.1) is 17.6 Å². The van der Waals surface area contributed by atoms with Crippen molar-refractivity contribution in [2.24, 2.45) is 5.92 Å². The van der Waals surface area contributed by atoms with Crippen molar-refractivity contribution in [3.63, 3.8) is 0 Å². The maximum absolute atomic E-state index is 13.3. The molecule has 7 heteroatoms. The van der Waals surface area contributed by atoms with E-state index in [1.54, 1.807) is 0 Å². The van der Waals surface area contributed by atoms with Crippen LogP contribution in [0.5, 0.6) is 0 Å². The highest BCUT2D eigenvalue weighted by atomic mass is 19.2. The number of aromatic nitrogens is 3. The summed E-state index contributed by atoms with van der Waals surface area (Å²) in [5.74, 6) is -2.62. The average molecular weight is 277 g/mol. The molecular formula is C13H9F2N3O2.